The van der Waals surface area contributed by atoms with Crippen LogP contribution in [-0.4, -0.2) is 17.6 Å². The van der Waals surface area contributed by atoms with Crippen molar-refractivity contribution >= 4 is 11.8 Å². The van der Waals surface area contributed by atoms with Gasteiger partial charge in [0.05, 0.1) is 5.69 Å². The first-order valence-corrected chi connectivity index (χ1v) is 4.47. The average Bonchev–Trinajstić information content (AvgIpc) is 2.18. The Kier molecular flexibility index (Phi) is 3.87. The Bertz CT molecular complexity index is 313. The van der Waals surface area contributed by atoms with Gasteiger partial charge in [-0.15, -0.1) is 0 Å². The molecule has 4 N–H and O–H groups in total. The number of urea groups is 1. The van der Waals surface area contributed by atoms with Crippen LogP contribution < -0.4 is 16.4 Å². The molecule has 0 radical (unpaired) electrons. The molecular weight excluding hydrogens is 180 g/mol. The smallest absolute Gasteiger partial charge is 0.320 e. The molecule has 0 aliphatic rings. The first-order chi connectivity index (χ1) is 6.76. The average molecular weight is 194 g/mol. The number of nitrogens with one attached hydrogen (secondary N) is 2. The number of hydrogen-bond acceptors (Lipinski definition) is 3. The Morgan fingerprint density at radius 2 is 2.36 bits per heavy atom. The number of nitrogens with two attached hydrogens (primary N) is 1. The maximum atomic E-state index is 11.1. The number of hydrogen-bond donors (Lipinski definition) is 3. The molecule has 0 atom stereocenters. The number of carbonyl (C=O) groups excluding carboxylic acids is 1. The molecule has 5 nitrogen and oxygen atoms in total. The van der Waals surface area contributed by atoms with Crippen LogP contribution in [0.2, 0.25) is 0 Å². The zero-order chi connectivity index (χ0) is 10.4. The normalized spacial score (nSPS) is 9.57. The van der Waals surface area contributed by atoms with Gasteiger partial charge in [-0.2, -0.15) is 0 Å². The van der Waals surface area contributed by atoms with Gasteiger partial charge in [0.15, 0.2) is 0 Å². The number of carbonyl (C=O) groups is 1. The lowest BCUT2D eigenvalue weighted by atomic mass is 10.3. The third kappa shape index (κ3) is 3.02. The van der Waals surface area contributed by atoms with Crippen molar-refractivity contribution in [2.24, 2.45) is 5.73 Å². The molecule has 0 aliphatic carbocycles. The number of rotatable bonds is 3. The van der Waals surface area contributed by atoms with Gasteiger partial charge in [-0.05, 0) is 19.1 Å². The lowest BCUT2D eigenvalue weighted by molar-refractivity contribution is 0.252. The van der Waals surface area contributed by atoms with Crippen LogP contribution in [0, 0.1) is 0 Å². The summed E-state index contributed by atoms with van der Waals surface area (Å²) in [5, 5.41) is 5.21. The lowest BCUT2D eigenvalue weighted by Gasteiger charge is -2.05. The van der Waals surface area contributed by atoms with Gasteiger partial charge in [0, 0.05) is 13.1 Å². The fraction of sp³-hybridized carbons (Fsp3) is 0.333. The quantitative estimate of drug-likeness (QED) is 0.662. The molecule has 0 aromatic carbocycles. The van der Waals surface area contributed by atoms with Crippen molar-refractivity contribution in [2.45, 2.75) is 13.5 Å². The van der Waals surface area contributed by atoms with Crippen LogP contribution >= 0.6 is 0 Å². The monoisotopic (exact) mass is 194 g/mol. The Morgan fingerprint density at radius 3 is 3.00 bits per heavy atom. The van der Waals surface area contributed by atoms with Gasteiger partial charge in [-0.25, -0.2) is 9.78 Å². The maximum Gasteiger partial charge on any atom is 0.320 e. The van der Waals surface area contributed by atoms with E-state index in [2.05, 4.69) is 15.6 Å². The minimum atomic E-state index is -0.255. The Hall–Kier alpha value is -1.62. The molecule has 1 aromatic heterocycles. The van der Waals surface area contributed by atoms with E-state index in [-0.39, 0.29) is 6.03 Å². The van der Waals surface area contributed by atoms with Crippen molar-refractivity contribution in [1.29, 1.82) is 0 Å². The van der Waals surface area contributed by atoms with Gasteiger partial charge in [-0.3, -0.25) is 5.32 Å². The minimum absolute atomic E-state index is 0.255. The topological polar surface area (TPSA) is 80.0 Å². The first kappa shape index (κ1) is 10.5. The van der Waals surface area contributed by atoms with E-state index in [0.717, 1.165) is 5.69 Å². The van der Waals surface area contributed by atoms with Crippen LogP contribution in [0.15, 0.2) is 18.2 Å². The number of amides is 2. The van der Waals surface area contributed by atoms with E-state index >= 15 is 0 Å². The van der Waals surface area contributed by atoms with Gasteiger partial charge in [0.1, 0.15) is 5.82 Å². The van der Waals surface area contributed by atoms with E-state index in [0.29, 0.717) is 18.9 Å². The number of anilines is 1. The van der Waals surface area contributed by atoms with Crippen LogP contribution in [0.4, 0.5) is 10.6 Å². The number of aromatic nitrogens is 1. The Morgan fingerprint density at radius 1 is 1.57 bits per heavy atom. The molecule has 1 aromatic rings. The van der Waals surface area contributed by atoms with Crippen molar-refractivity contribution in [3.05, 3.63) is 23.9 Å². The summed E-state index contributed by atoms with van der Waals surface area (Å²) in [5.74, 6) is 0.513. The number of nitrogens with zero attached hydrogens (tertiary/aromatic N) is 1. The second-order valence-electron chi connectivity index (χ2n) is 2.70. The molecule has 0 fully saturated rings. The van der Waals surface area contributed by atoms with Crippen molar-refractivity contribution in [1.82, 2.24) is 10.3 Å². The minimum Gasteiger partial charge on any atom is -0.338 e. The van der Waals surface area contributed by atoms with Crippen LogP contribution in [0.25, 0.3) is 0 Å². The summed E-state index contributed by atoms with van der Waals surface area (Å²) in [4.78, 5) is 15.2. The standard InChI is InChI=1S/C9H14N4O/c1-2-11-9(14)13-8-5-3-4-7(6-10)12-8/h3-5H,2,6,10H2,1H3,(H2,11,12,13,14). The summed E-state index contributed by atoms with van der Waals surface area (Å²) >= 11 is 0. The van der Waals surface area contributed by atoms with E-state index in [9.17, 15) is 4.79 Å². The first-order valence-electron chi connectivity index (χ1n) is 4.47. The third-order valence-electron chi connectivity index (χ3n) is 1.59. The molecule has 76 valence electrons. The highest BCUT2D eigenvalue weighted by atomic mass is 16.2. The molecule has 0 spiro atoms. The summed E-state index contributed by atoms with van der Waals surface area (Å²) in [6.07, 6.45) is 0. The fourth-order valence-corrected chi connectivity index (χ4v) is 0.984. The molecule has 0 aliphatic heterocycles. The summed E-state index contributed by atoms with van der Waals surface area (Å²) in [6.45, 7) is 2.80. The molecule has 1 heterocycles. The summed E-state index contributed by atoms with van der Waals surface area (Å²) < 4.78 is 0. The largest absolute Gasteiger partial charge is 0.338 e. The molecular formula is C9H14N4O. The predicted molar refractivity (Wildman–Crippen MR) is 54.8 cm³/mol. The second-order valence-corrected chi connectivity index (χ2v) is 2.70. The van der Waals surface area contributed by atoms with E-state index in [1.54, 1.807) is 12.1 Å². The van der Waals surface area contributed by atoms with Crippen molar-refractivity contribution in [3.63, 3.8) is 0 Å². The SMILES string of the molecule is CCNC(=O)Nc1cccc(CN)n1. The van der Waals surface area contributed by atoms with E-state index in [4.69, 9.17) is 5.73 Å². The van der Waals surface area contributed by atoms with Crippen LogP contribution in [-0.2, 0) is 6.54 Å². The van der Waals surface area contributed by atoms with Crippen LogP contribution in [0.5, 0.6) is 0 Å². The molecule has 0 saturated heterocycles. The molecule has 14 heavy (non-hydrogen) atoms. The Labute approximate surface area is 82.7 Å². The zero-order valence-electron chi connectivity index (χ0n) is 8.08. The summed E-state index contributed by atoms with van der Waals surface area (Å²) in [7, 11) is 0. The van der Waals surface area contributed by atoms with E-state index in [1.807, 2.05) is 13.0 Å². The zero-order valence-corrected chi connectivity index (χ0v) is 8.08. The molecule has 5 heteroatoms. The van der Waals surface area contributed by atoms with Crippen molar-refractivity contribution in [2.75, 3.05) is 11.9 Å². The maximum absolute atomic E-state index is 11.1. The predicted octanol–water partition coefficient (Wildman–Crippen LogP) is 0.682. The summed E-state index contributed by atoms with van der Waals surface area (Å²) in [6, 6.07) is 5.07. The Balaban J connectivity index is 2.62. The van der Waals surface area contributed by atoms with Crippen LogP contribution in [0.3, 0.4) is 0 Å². The van der Waals surface area contributed by atoms with E-state index in [1.165, 1.54) is 0 Å². The molecule has 1 rings (SSSR count). The molecule has 0 unspecified atom stereocenters. The van der Waals surface area contributed by atoms with Gasteiger partial charge in [0.25, 0.3) is 0 Å². The van der Waals surface area contributed by atoms with Gasteiger partial charge < -0.3 is 11.1 Å². The van der Waals surface area contributed by atoms with Gasteiger partial charge >= 0.3 is 6.03 Å². The van der Waals surface area contributed by atoms with Crippen molar-refractivity contribution < 1.29 is 4.79 Å². The van der Waals surface area contributed by atoms with Gasteiger partial charge in [-0.1, -0.05) is 6.07 Å². The van der Waals surface area contributed by atoms with Crippen molar-refractivity contribution in [3.8, 4) is 0 Å². The number of pyridine rings is 1. The third-order valence-corrected chi connectivity index (χ3v) is 1.59. The second kappa shape index (κ2) is 5.18. The molecule has 0 bridgehead atoms. The highest BCUT2D eigenvalue weighted by Gasteiger charge is 2.00. The van der Waals surface area contributed by atoms with Gasteiger partial charge in [0.2, 0.25) is 0 Å². The lowest BCUT2D eigenvalue weighted by Crippen LogP contribution is -2.28. The van der Waals surface area contributed by atoms with E-state index < -0.39 is 0 Å². The summed E-state index contributed by atoms with van der Waals surface area (Å²) in [5.41, 5.74) is 6.17. The highest BCUT2D eigenvalue weighted by Crippen LogP contribution is 2.03. The highest BCUT2D eigenvalue weighted by molar-refractivity contribution is 5.88. The van der Waals surface area contributed by atoms with Crippen LogP contribution in [0.1, 0.15) is 12.6 Å². The molecule has 2 amide bonds. The fourth-order valence-electron chi connectivity index (χ4n) is 0.984. The molecule has 0 saturated carbocycles.